The van der Waals surface area contributed by atoms with E-state index in [-0.39, 0.29) is 12.2 Å². The zero-order chi connectivity index (χ0) is 13.2. The van der Waals surface area contributed by atoms with Crippen molar-refractivity contribution in [3.63, 3.8) is 0 Å². The van der Waals surface area contributed by atoms with E-state index in [1.807, 2.05) is 36.4 Å². The summed E-state index contributed by atoms with van der Waals surface area (Å²) in [6.07, 6.45) is 0.226. The summed E-state index contributed by atoms with van der Waals surface area (Å²) in [6.45, 7) is 0. The molecule has 0 aromatic heterocycles. The molecule has 0 radical (unpaired) electrons. The molecule has 1 heterocycles. The molecule has 1 aliphatic rings. The molecule has 3 heteroatoms. The van der Waals surface area contributed by atoms with Gasteiger partial charge in [-0.2, -0.15) is 0 Å². The SMILES string of the molecule is COc1cc(OC)cc([C@@H]2O[C@H]2c2ccccc2)c1. The second-order valence-corrected chi connectivity index (χ2v) is 4.53. The van der Waals surface area contributed by atoms with Crippen LogP contribution in [0.3, 0.4) is 0 Å². The van der Waals surface area contributed by atoms with Crippen molar-refractivity contribution >= 4 is 0 Å². The third kappa shape index (κ3) is 2.42. The molecule has 19 heavy (non-hydrogen) atoms. The lowest BCUT2D eigenvalue weighted by Gasteiger charge is -2.06. The topological polar surface area (TPSA) is 31.0 Å². The Morgan fingerprint density at radius 2 is 1.37 bits per heavy atom. The average Bonchev–Trinajstić information content (AvgIpc) is 3.28. The second kappa shape index (κ2) is 4.94. The van der Waals surface area contributed by atoms with Gasteiger partial charge in [0, 0.05) is 6.07 Å². The van der Waals surface area contributed by atoms with E-state index in [9.17, 15) is 0 Å². The number of hydrogen-bond donors (Lipinski definition) is 0. The molecule has 0 saturated carbocycles. The lowest BCUT2D eigenvalue weighted by molar-refractivity contribution is 0.372. The maximum atomic E-state index is 5.78. The van der Waals surface area contributed by atoms with Gasteiger partial charge in [-0.1, -0.05) is 30.3 Å². The van der Waals surface area contributed by atoms with Crippen molar-refractivity contribution in [1.29, 1.82) is 0 Å². The Morgan fingerprint density at radius 3 is 1.95 bits per heavy atom. The van der Waals surface area contributed by atoms with Gasteiger partial charge in [-0.3, -0.25) is 0 Å². The Hall–Kier alpha value is -2.00. The van der Waals surface area contributed by atoms with Crippen molar-refractivity contribution in [2.45, 2.75) is 12.2 Å². The molecule has 1 saturated heterocycles. The number of hydrogen-bond acceptors (Lipinski definition) is 3. The lowest BCUT2D eigenvalue weighted by atomic mass is 10.0. The van der Waals surface area contributed by atoms with Crippen LogP contribution in [0.15, 0.2) is 48.5 Å². The van der Waals surface area contributed by atoms with Crippen molar-refractivity contribution in [3.8, 4) is 11.5 Å². The quantitative estimate of drug-likeness (QED) is 0.784. The third-order valence-electron chi connectivity index (χ3n) is 3.32. The summed E-state index contributed by atoms with van der Waals surface area (Å²) in [7, 11) is 3.31. The van der Waals surface area contributed by atoms with E-state index in [1.54, 1.807) is 14.2 Å². The minimum atomic E-state index is 0.0893. The fraction of sp³-hybridized carbons (Fsp3) is 0.250. The van der Waals surface area contributed by atoms with Crippen LogP contribution in [0, 0.1) is 0 Å². The first-order chi connectivity index (χ1) is 9.31. The molecule has 1 fully saturated rings. The fourth-order valence-corrected chi connectivity index (χ4v) is 2.26. The van der Waals surface area contributed by atoms with Crippen LogP contribution >= 0.6 is 0 Å². The molecule has 0 aliphatic carbocycles. The Morgan fingerprint density at radius 1 is 0.789 bits per heavy atom. The van der Waals surface area contributed by atoms with Gasteiger partial charge in [-0.05, 0) is 23.3 Å². The minimum Gasteiger partial charge on any atom is -0.497 e. The highest BCUT2D eigenvalue weighted by molar-refractivity contribution is 5.42. The first kappa shape index (κ1) is 12.1. The summed E-state index contributed by atoms with van der Waals surface area (Å²) in [5.74, 6) is 1.58. The van der Waals surface area contributed by atoms with E-state index in [1.165, 1.54) is 5.56 Å². The van der Waals surface area contributed by atoms with Gasteiger partial charge in [-0.15, -0.1) is 0 Å². The van der Waals surface area contributed by atoms with Crippen LogP contribution in [0.5, 0.6) is 11.5 Å². The van der Waals surface area contributed by atoms with Crippen LogP contribution in [0.1, 0.15) is 23.3 Å². The zero-order valence-corrected chi connectivity index (χ0v) is 11.0. The third-order valence-corrected chi connectivity index (χ3v) is 3.32. The largest absolute Gasteiger partial charge is 0.497 e. The van der Waals surface area contributed by atoms with E-state index < -0.39 is 0 Å². The molecule has 0 spiro atoms. The summed E-state index contributed by atoms with van der Waals surface area (Å²) >= 11 is 0. The first-order valence-electron chi connectivity index (χ1n) is 6.25. The van der Waals surface area contributed by atoms with E-state index in [0.29, 0.717) is 0 Å². The number of rotatable bonds is 4. The van der Waals surface area contributed by atoms with Crippen LogP contribution in [0.4, 0.5) is 0 Å². The molecule has 0 amide bonds. The number of epoxide rings is 1. The van der Waals surface area contributed by atoms with Gasteiger partial charge in [0.1, 0.15) is 23.7 Å². The molecule has 0 unspecified atom stereocenters. The smallest absolute Gasteiger partial charge is 0.122 e. The monoisotopic (exact) mass is 256 g/mol. The Kier molecular flexibility index (Phi) is 3.13. The molecule has 0 N–H and O–H groups in total. The number of ether oxygens (including phenoxy) is 3. The highest BCUT2D eigenvalue weighted by atomic mass is 16.6. The van der Waals surface area contributed by atoms with Crippen molar-refractivity contribution in [3.05, 3.63) is 59.7 Å². The highest BCUT2D eigenvalue weighted by Gasteiger charge is 2.41. The van der Waals surface area contributed by atoms with Crippen LogP contribution in [-0.2, 0) is 4.74 Å². The maximum Gasteiger partial charge on any atom is 0.122 e. The fourth-order valence-electron chi connectivity index (χ4n) is 2.26. The van der Waals surface area contributed by atoms with E-state index >= 15 is 0 Å². The highest BCUT2D eigenvalue weighted by Crippen LogP contribution is 2.51. The lowest BCUT2D eigenvalue weighted by Crippen LogP contribution is -1.91. The second-order valence-electron chi connectivity index (χ2n) is 4.53. The maximum absolute atomic E-state index is 5.78. The molecular weight excluding hydrogens is 240 g/mol. The molecule has 2 aromatic rings. The van der Waals surface area contributed by atoms with Gasteiger partial charge in [-0.25, -0.2) is 0 Å². The molecule has 98 valence electrons. The Bertz CT molecular complexity index is 543. The number of benzene rings is 2. The van der Waals surface area contributed by atoms with Crippen molar-refractivity contribution in [2.75, 3.05) is 14.2 Å². The van der Waals surface area contributed by atoms with Gasteiger partial charge in [0.25, 0.3) is 0 Å². The Balaban J connectivity index is 1.85. The van der Waals surface area contributed by atoms with E-state index in [2.05, 4.69) is 12.1 Å². The molecule has 3 rings (SSSR count). The predicted octanol–water partition coefficient (Wildman–Crippen LogP) is 3.52. The zero-order valence-electron chi connectivity index (χ0n) is 11.0. The molecule has 0 bridgehead atoms. The molecule has 2 atom stereocenters. The van der Waals surface area contributed by atoms with Gasteiger partial charge in [0.05, 0.1) is 14.2 Å². The standard InChI is InChI=1S/C16H16O3/c1-17-13-8-12(9-14(10-13)18-2)16-15(19-16)11-6-4-3-5-7-11/h3-10,15-16H,1-2H3/t15-,16-/m0/s1. The van der Waals surface area contributed by atoms with Crippen molar-refractivity contribution in [2.24, 2.45) is 0 Å². The molecule has 1 aliphatic heterocycles. The van der Waals surface area contributed by atoms with Gasteiger partial charge >= 0.3 is 0 Å². The average molecular weight is 256 g/mol. The van der Waals surface area contributed by atoms with Gasteiger partial charge in [0.15, 0.2) is 0 Å². The first-order valence-corrected chi connectivity index (χ1v) is 6.25. The summed E-state index contributed by atoms with van der Waals surface area (Å²) in [6, 6.07) is 16.1. The van der Waals surface area contributed by atoms with Crippen LogP contribution in [0.25, 0.3) is 0 Å². The van der Waals surface area contributed by atoms with Crippen LogP contribution in [0.2, 0.25) is 0 Å². The van der Waals surface area contributed by atoms with Crippen molar-refractivity contribution < 1.29 is 14.2 Å². The van der Waals surface area contributed by atoms with Gasteiger partial charge in [0.2, 0.25) is 0 Å². The minimum absolute atomic E-state index is 0.0893. The molecular formula is C16H16O3. The van der Waals surface area contributed by atoms with Crippen LogP contribution < -0.4 is 9.47 Å². The number of methoxy groups -OCH3 is 2. The molecule has 2 aromatic carbocycles. The summed E-state index contributed by atoms with van der Waals surface area (Å²) in [5, 5.41) is 0. The summed E-state index contributed by atoms with van der Waals surface area (Å²) in [4.78, 5) is 0. The van der Waals surface area contributed by atoms with Crippen LogP contribution in [-0.4, -0.2) is 14.2 Å². The van der Waals surface area contributed by atoms with Gasteiger partial charge < -0.3 is 14.2 Å². The Labute approximate surface area is 112 Å². The summed E-state index contributed by atoms with van der Waals surface area (Å²) < 4.78 is 16.3. The predicted molar refractivity (Wildman–Crippen MR) is 72.6 cm³/mol. The van der Waals surface area contributed by atoms with E-state index in [0.717, 1.165) is 17.1 Å². The van der Waals surface area contributed by atoms with Crippen molar-refractivity contribution in [1.82, 2.24) is 0 Å². The van der Waals surface area contributed by atoms with E-state index in [4.69, 9.17) is 14.2 Å². The summed E-state index contributed by atoms with van der Waals surface area (Å²) in [5.41, 5.74) is 2.29. The normalized spacial score (nSPS) is 20.9. The molecule has 3 nitrogen and oxygen atoms in total.